The van der Waals surface area contributed by atoms with Crippen molar-refractivity contribution in [2.75, 3.05) is 19.8 Å². The van der Waals surface area contributed by atoms with Gasteiger partial charge >= 0.3 is 12.0 Å². The zero-order chi connectivity index (χ0) is 15.2. The molecule has 1 fully saturated rings. The smallest absolute Gasteiger partial charge is 0.315 e. The Morgan fingerprint density at radius 2 is 1.80 bits per heavy atom. The third-order valence-electron chi connectivity index (χ3n) is 4.41. The van der Waals surface area contributed by atoms with Crippen molar-refractivity contribution < 1.29 is 19.4 Å². The fourth-order valence-corrected chi connectivity index (χ4v) is 2.39. The van der Waals surface area contributed by atoms with Crippen LogP contribution in [0.4, 0.5) is 4.79 Å². The van der Waals surface area contributed by atoms with Crippen molar-refractivity contribution in [3.63, 3.8) is 0 Å². The van der Waals surface area contributed by atoms with E-state index in [2.05, 4.69) is 10.6 Å². The number of carbonyl (C=O) groups is 2. The van der Waals surface area contributed by atoms with Crippen molar-refractivity contribution in [1.82, 2.24) is 10.6 Å². The summed E-state index contributed by atoms with van der Waals surface area (Å²) in [6, 6.07) is -0.304. The highest BCUT2D eigenvalue weighted by Gasteiger charge is 2.36. The van der Waals surface area contributed by atoms with Crippen LogP contribution in [-0.4, -0.2) is 42.4 Å². The number of urea groups is 1. The molecule has 0 aliphatic carbocycles. The van der Waals surface area contributed by atoms with Crippen LogP contribution in [-0.2, 0) is 9.53 Å². The van der Waals surface area contributed by atoms with Crippen molar-refractivity contribution in [2.24, 2.45) is 5.41 Å². The normalized spacial score (nSPS) is 18.4. The minimum Gasteiger partial charge on any atom is -0.481 e. The van der Waals surface area contributed by atoms with Crippen molar-refractivity contribution in [3.8, 4) is 0 Å². The molecule has 0 radical (unpaired) electrons. The van der Waals surface area contributed by atoms with Crippen molar-refractivity contribution in [3.05, 3.63) is 0 Å². The van der Waals surface area contributed by atoms with E-state index in [-0.39, 0.29) is 18.1 Å². The van der Waals surface area contributed by atoms with Gasteiger partial charge in [0.2, 0.25) is 0 Å². The molecule has 6 nitrogen and oxygen atoms in total. The van der Waals surface area contributed by atoms with Gasteiger partial charge in [-0.25, -0.2) is 4.79 Å². The molecule has 0 aromatic carbocycles. The Hall–Kier alpha value is -1.30. The highest BCUT2D eigenvalue weighted by atomic mass is 16.5. The minimum atomic E-state index is -0.881. The van der Waals surface area contributed by atoms with E-state index < -0.39 is 11.4 Å². The number of rotatable bonds is 6. The molecule has 0 unspecified atom stereocenters. The lowest BCUT2D eigenvalue weighted by Gasteiger charge is -2.35. The van der Waals surface area contributed by atoms with Crippen LogP contribution in [0, 0.1) is 5.41 Å². The quantitative estimate of drug-likeness (QED) is 0.694. The zero-order valence-corrected chi connectivity index (χ0v) is 12.6. The Morgan fingerprint density at radius 1 is 1.25 bits per heavy atom. The van der Waals surface area contributed by atoms with Gasteiger partial charge in [0, 0.05) is 25.3 Å². The van der Waals surface area contributed by atoms with E-state index in [1.54, 1.807) is 0 Å². The number of hydrogen-bond donors (Lipinski definition) is 3. The number of ether oxygens (including phenoxy) is 1. The number of carbonyl (C=O) groups excluding carboxylic acids is 1. The van der Waals surface area contributed by atoms with Gasteiger partial charge in [0.05, 0.1) is 5.41 Å². The first kappa shape index (κ1) is 16.8. The number of amides is 2. The van der Waals surface area contributed by atoms with Gasteiger partial charge in [0.1, 0.15) is 0 Å². The molecule has 0 aromatic rings. The highest BCUT2D eigenvalue weighted by molar-refractivity contribution is 5.78. The van der Waals surface area contributed by atoms with E-state index in [1.807, 2.05) is 20.8 Å². The van der Waals surface area contributed by atoms with Crippen LogP contribution >= 0.6 is 0 Å². The summed E-state index contributed by atoms with van der Waals surface area (Å²) >= 11 is 0. The average Bonchev–Trinajstić information content (AvgIpc) is 2.40. The lowest BCUT2D eigenvalue weighted by Crippen LogP contribution is -2.54. The number of hydrogen-bond acceptors (Lipinski definition) is 3. The molecule has 0 bridgehead atoms. The fraction of sp³-hybridized carbons (Fsp3) is 0.857. The molecule has 0 atom stereocenters. The summed E-state index contributed by atoms with van der Waals surface area (Å²) in [7, 11) is 0. The molecular weight excluding hydrogens is 260 g/mol. The van der Waals surface area contributed by atoms with Crippen molar-refractivity contribution >= 4 is 12.0 Å². The molecule has 20 heavy (non-hydrogen) atoms. The van der Waals surface area contributed by atoms with Crippen LogP contribution in [0.1, 0.15) is 46.5 Å². The van der Waals surface area contributed by atoms with Crippen LogP contribution in [0.5, 0.6) is 0 Å². The molecule has 1 aliphatic heterocycles. The number of carboxylic acids is 1. The molecule has 0 saturated carbocycles. The fourth-order valence-electron chi connectivity index (χ4n) is 2.39. The molecule has 1 saturated heterocycles. The van der Waals surface area contributed by atoms with Crippen LogP contribution in [0.15, 0.2) is 0 Å². The van der Waals surface area contributed by atoms with Crippen LogP contribution < -0.4 is 10.6 Å². The Balaban J connectivity index is 2.51. The van der Waals surface area contributed by atoms with E-state index >= 15 is 0 Å². The van der Waals surface area contributed by atoms with Crippen LogP contribution in [0.25, 0.3) is 0 Å². The summed E-state index contributed by atoms with van der Waals surface area (Å²) < 4.78 is 5.28. The Morgan fingerprint density at radius 3 is 2.25 bits per heavy atom. The third kappa shape index (κ3) is 4.10. The molecule has 0 aromatic heterocycles. The standard InChI is InChI=1S/C14H26N2O4/c1-4-14(5-2,11(17)18)10-15-12(19)16-13(3)6-8-20-9-7-13/h4-10H2,1-3H3,(H,17,18)(H2,15,16,19). The van der Waals surface area contributed by atoms with Crippen molar-refractivity contribution in [1.29, 1.82) is 0 Å². The zero-order valence-electron chi connectivity index (χ0n) is 12.6. The van der Waals surface area contributed by atoms with E-state index in [1.165, 1.54) is 0 Å². The predicted octanol–water partition coefficient (Wildman–Crippen LogP) is 1.75. The average molecular weight is 286 g/mol. The van der Waals surface area contributed by atoms with Crippen LogP contribution in [0.3, 0.4) is 0 Å². The summed E-state index contributed by atoms with van der Waals surface area (Å²) in [6.45, 7) is 7.07. The van der Waals surface area contributed by atoms with Gasteiger partial charge in [-0.05, 0) is 32.6 Å². The Bertz CT molecular complexity index is 347. The SMILES string of the molecule is CCC(CC)(CNC(=O)NC1(C)CCOCC1)C(=O)O. The summed E-state index contributed by atoms with van der Waals surface area (Å²) in [5, 5.41) is 15.0. The molecule has 1 heterocycles. The second kappa shape index (κ2) is 6.92. The summed E-state index contributed by atoms with van der Waals surface area (Å²) in [5.41, 5.74) is -1.15. The van der Waals surface area contributed by atoms with Gasteiger partial charge in [0.15, 0.2) is 0 Å². The van der Waals surface area contributed by atoms with Gasteiger partial charge in [-0.15, -0.1) is 0 Å². The van der Waals surface area contributed by atoms with Gasteiger partial charge < -0.3 is 20.5 Å². The van der Waals surface area contributed by atoms with Gasteiger partial charge in [-0.2, -0.15) is 0 Å². The maximum atomic E-state index is 12.0. The summed E-state index contributed by atoms with van der Waals surface area (Å²) in [4.78, 5) is 23.3. The van der Waals surface area contributed by atoms with E-state index in [4.69, 9.17) is 4.74 Å². The first-order chi connectivity index (χ1) is 9.37. The molecule has 0 spiro atoms. The van der Waals surface area contributed by atoms with Gasteiger partial charge in [-0.3, -0.25) is 4.79 Å². The maximum absolute atomic E-state index is 12.0. The molecule has 2 amide bonds. The van der Waals surface area contributed by atoms with Gasteiger partial charge in [0.25, 0.3) is 0 Å². The highest BCUT2D eigenvalue weighted by Crippen LogP contribution is 2.26. The largest absolute Gasteiger partial charge is 0.481 e. The second-order valence-electron chi connectivity index (χ2n) is 5.77. The first-order valence-corrected chi connectivity index (χ1v) is 7.24. The van der Waals surface area contributed by atoms with E-state index in [0.717, 1.165) is 12.8 Å². The predicted molar refractivity (Wildman–Crippen MR) is 75.6 cm³/mol. The first-order valence-electron chi connectivity index (χ1n) is 7.24. The van der Waals surface area contributed by atoms with Crippen LogP contribution in [0.2, 0.25) is 0 Å². The molecule has 116 valence electrons. The molecular formula is C14H26N2O4. The lowest BCUT2D eigenvalue weighted by atomic mass is 9.82. The topological polar surface area (TPSA) is 87.7 Å². The Kier molecular flexibility index (Phi) is 5.80. The molecule has 1 aliphatic rings. The summed E-state index contributed by atoms with van der Waals surface area (Å²) in [5.74, 6) is -0.861. The monoisotopic (exact) mass is 286 g/mol. The van der Waals surface area contributed by atoms with E-state index in [9.17, 15) is 14.7 Å². The summed E-state index contributed by atoms with van der Waals surface area (Å²) in [6.07, 6.45) is 2.52. The Labute approximate surface area is 120 Å². The van der Waals surface area contributed by atoms with Crippen molar-refractivity contribution in [2.45, 2.75) is 52.0 Å². The molecule has 1 rings (SSSR count). The molecule has 3 N–H and O–H groups in total. The number of nitrogens with one attached hydrogen (secondary N) is 2. The number of aliphatic carboxylic acids is 1. The van der Waals surface area contributed by atoms with E-state index in [0.29, 0.717) is 26.1 Å². The maximum Gasteiger partial charge on any atom is 0.315 e. The van der Waals surface area contributed by atoms with Gasteiger partial charge in [-0.1, -0.05) is 13.8 Å². The third-order valence-corrected chi connectivity index (χ3v) is 4.41. The second-order valence-corrected chi connectivity index (χ2v) is 5.77. The minimum absolute atomic E-state index is 0.147. The lowest BCUT2D eigenvalue weighted by molar-refractivity contribution is -0.149. The molecule has 6 heteroatoms. The number of carboxylic acid groups (broad SMARTS) is 1.